The molecule has 0 aliphatic heterocycles. The van der Waals surface area contributed by atoms with Gasteiger partial charge in [0.2, 0.25) is 0 Å². The number of nitrogens with zero attached hydrogens (tertiary/aromatic N) is 2. The Labute approximate surface area is 224 Å². The lowest BCUT2D eigenvalue weighted by atomic mass is 9.73. The average molecular weight is 523 g/mol. The van der Waals surface area contributed by atoms with Gasteiger partial charge in [-0.2, -0.15) is 0 Å². The number of phenolic OH excluding ortho intramolecular Hbond substituents is 1. The van der Waals surface area contributed by atoms with Gasteiger partial charge in [0, 0.05) is 23.6 Å². The van der Waals surface area contributed by atoms with Crippen LogP contribution in [-0.4, -0.2) is 30.0 Å². The lowest BCUT2D eigenvalue weighted by molar-refractivity contribution is -0.384. The van der Waals surface area contributed by atoms with Gasteiger partial charge in [-0.25, -0.2) is 9.69 Å². The zero-order valence-corrected chi connectivity index (χ0v) is 22.7. The topological polar surface area (TPSA) is 102 Å². The molecule has 0 radical (unpaired) electrons. The Bertz CT molecular complexity index is 1190. The monoisotopic (exact) mass is 522 g/mol. The summed E-state index contributed by atoms with van der Waals surface area (Å²) in [6.07, 6.45) is 7.35. The normalized spacial score (nSPS) is 16.9. The molecule has 2 aromatic carbocycles. The van der Waals surface area contributed by atoms with Crippen molar-refractivity contribution in [2.24, 2.45) is 5.92 Å². The number of nitro benzene ring substituents is 1. The van der Waals surface area contributed by atoms with Crippen LogP contribution in [0.2, 0.25) is 0 Å². The van der Waals surface area contributed by atoms with Gasteiger partial charge >= 0.3 is 6.09 Å². The van der Waals surface area contributed by atoms with Crippen molar-refractivity contribution in [2.45, 2.75) is 65.2 Å². The first kappa shape index (κ1) is 28.8. The summed E-state index contributed by atoms with van der Waals surface area (Å²) in [6, 6.07) is 9.36. The highest BCUT2D eigenvalue weighted by molar-refractivity contribution is 5.87. The number of amides is 1. The van der Waals surface area contributed by atoms with Crippen LogP contribution < -0.4 is 9.64 Å². The molecule has 3 rings (SSSR count). The van der Waals surface area contributed by atoms with E-state index in [-0.39, 0.29) is 30.0 Å². The average Bonchev–Trinajstić information content (AvgIpc) is 2.88. The number of aromatic hydroxyl groups is 1. The number of anilines is 1. The standard InChI is InChI=1S/C30H38N2O6/c1-6-7-8-9-22-17-27(33)29(26-16-21(4)10-15-25(26)20(2)3)28(18-22)38-19-31(30(34)37-5)23-11-13-24(14-12-23)32(35)36/h11-14,16-18,25-26,33H,2,6-10,15,19H2,1,3-5H3. The number of methoxy groups -OCH3 is 1. The van der Waals surface area contributed by atoms with Crippen molar-refractivity contribution in [3.63, 3.8) is 0 Å². The fourth-order valence-electron chi connectivity index (χ4n) is 4.98. The molecule has 2 atom stereocenters. The molecule has 0 fully saturated rings. The van der Waals surface area contributed by atoms with E-state index < -0.39 is 11.0 Å². The zero-order chi connectivity index (χ0) is 27.8. The molecule has 38 heavy (non-hydrogen) atoms. The summed E-state index contributed by atoms with van der Waals surface area (Å²) in [4.78, 5) is 24.5. The van der Waals surface area contributed by atoms with Crippen LogP contribution in [0.4, 0.5) is 16.2 Å². The molecule has 0 aromatic heterocycles. The molecule has 0 saturated carbocycles. The molecule has 0 saturated heterocycles. The fraction of sp³-hybridized carbons (Fsp3) is 0.433. The predicted octanol–water partition coefficient (Wildman–Crippen LogP) is 7.66. The molecule has 0 spiro atoms. The first-order chi connectivity index (χ1) is 18.2. The third-order valence-corrected chi connectivity index (χ3v) is 7.08. The molecule has 1 amide bonds. The maximum Gasteiger partial charge on any atom is 0.416 e. The van der Waals surface area contributed by atoms with E-state index in [1.165, 1.54) is 41.8 Å². The number of hydrogen-bond acceptors (Lipinski definition) is 6. The Balaban J connectivity index is 2.01. The van der Waals surface area contributed by atoms with Crippen molar-refractivity contribution in [3.8, 4) is 11.5 Å². The van der Waals surface area contributed by atoms with Gasteiger partial charge in [0.25, 0.3) is 5.69 Å². The van der Waals surface area contributed by atoms with E-state index >= 15 is 0 Å². The lowest BCUT2D eigenvalue weighted by Gasteiger charge is -2.32. The first-order valence-electron chi connectivity index (χ1n) is 13.1. The number of aryl methyl sites for hydroxylation is 1. The van der Waals surface area contributed by atoms with E-state index in [4.69, 9.17) is 9.47 Å². The highest BCUT2D eigenvalue weighted by Crippen LogP contribution is 2.47. The highest BCUT2D eigenvalue weighted by atomic mass is 16.6. The molecule has 204 valence electrons. The number of non-ortho nitro benzene ring substituents is 1. The number of hydrogen-bond donors (Lipinski definition) is 1. The summed E-state index contributed by atoms with van der Waals surface area (Å²) >= 11 is 0. The second-order valence-electron chi connectivity index (χ2n) is 9.96. The number of carbonyl (C=O) groups excluding carboxylic acids is 1. The minimum atomic E-state index is -0.669. The molecular weight excluding hydrogens is 484 g/mol. The number of rotatable bonds is 11. The highest BCUT2D eigenvalue weighted by Gasteiger charge is 2.31. The second-order valence-corrected chi connectivity index (χ2v) is 9.96. The number of allylic oxidation sites excluding steroid dienone is 3. The molecule has 1 aliphatic carbocycles. The largest absolute Gasteiger partial charge is 0.507 e. The van der Waals surface area contributed by atoms with Crippen LogP contribution in [0.5, 0.6) is 11.5 Å². The molecule has 1 N–H and O–H groups in total. The van der Waals surface area contributed by atoms with Crippen LogP contribution >= 0.6 is 0 Å². The Morgan fingerprint density at radius 1 is 1.24 bits per heavy atom. The van der Waals surface area contributed by atoms with E-state index in [1.807, 2.05) is 19.1 Å². The summed E-state index contributed by atoms with van der Waals surface area (Å²) in [7, 11) is 1.26. The predicted molar refractivity (Wildman–Crippen MR) is 149 cm³/mol. The lowest BCUT2D eigenvalue weighted by Crippen LogP contribution is -2.34. The van der Waals surface area contributed by atoms with Crippen molar-refractivity contribution in [3.05, 3.63) is 81.4 Å². The molecule has 2 unspecified atom stereocenters. The maximum atomic E-state index is 12.7. The molecule has 0 heterocycles. The van der Waals surface area contributed by atoms with E-state index in [9.17, 15) is 20.0 Å². The molecule has 2 aromatic rings. The van der Waals surface area contributed by atoms with Gasteiger partial charge in [-0.3, -0.25) is 10.1 Å². The SMILES string of the molecule is C=C(C)C1CCC(C)=CC1c1c(O)cc(CCCCC)cc1OCN(C(=O)OC)c1ccc([N+](=O)[O-])cc1. The van der Waals surface area contributed by atoms with Crippen molar-refractivity contribution in [2.75, 3.05) is 18.7 Å². The second kappa shape index (κ2) is 13.1. The third kappa shape index (κ3) is 6.94. The molecule has 0 bridgehead atoms. The summed E-state index contributed by atoms with van der Waals surface area (Å²) in [6.45, 7) is 10.2. The Morgan fingerprint density at radius 3 is 2.55 bits per heavy atom. The minimum Gasteiger partial charge on any atom is -0.507 e. The summed E-state index contributed by atoms with van der Waals surface area (Å²) in [5.74, 6) is 0.682. The fourth-order valence-corrected chi connectivity index (χ4v) is 4.98. The van der Waals surface area contributed by atoms with E-state index in [0.29, 0.717) is 17.0 Å². The van der Waals surface area contributed by atoms with Crippen LogP contribution in [-0.2, 0) is 11.2 Å². The Hall–Kier alpha value is -3.81. The van der Waals surface area contributed by atoms with Crippen LogP contribution in [0, 0.1) is 16.0 Å². The number of benzene rings is 2. The number of unbranched alkanes of at least 4 members (excludes halogenated alkanes) is 2. The first-order valence-corrected chi connectivity index (χ1v) is 13.1. The Kier molecular flexibility index (Phi) is 9.93. The van der Waals surface area contributed by atoms with Gasteiger partial charge in [-0.05, 0) is 75.3 Å². The maximum absolute atomic E-state index is 12.7. The van der Waals surface area contributed by atoms with E-state index in [1.54, 1.807) is 0 Å². The molecular formula is C30H38N2O6. The van der Waals surface area contributed by atoms with Gasteiger partial charge in [0.15, 0.2) is 6.73 Å². The van der Waals surface area contributed by atoms with Crippen LogP contribution in [0.1, 0.15) is 69.9 Å². The molecule has 1 aliphatic rings. The number of ether oxygens (including phenoxy) is 2. The Morgan fingerprint density at radius 2 is 1.95 bits per heavy atom. The van der Waals surface area contributed by atoms with Crippen LogP contribution in [0.25, 0.3) is 0 Å². The zero-order valence-electron chi connectivity index (χ0n) is 22.7. The minimum absolute atomic E-state index is 0.0863. The van der Waals surface area contributed by atoms with Gasteiger partial charge in [0.1, 0.15) is 11.5 Å². The molecule has 8 heteroatoms. The van der Waals surface area contributed by atoms with Crippen LogP contribution in [0.3, 0.4) is 0 Å². The van der Waals surface area contributed by atoms with Gasteiger partial charge in [-0.1, -0.05) is 43.6 Å². The van der Waals surface area contributed by atoms with E-state index in [2.05, 4.69) is 26.5 Å². The number of carbonyl (C=O) groups is 1. The van der Waals surface area contributed by atoms with Gasteiger partial charge in [-0.15, -0.1) is 0 Å². The number of nitro groups is 1. The van der Waals surface area contributed by atoms with Crippen molar-refractivity contribution in [1.29, 1.82) is 0 Å². The molecule has 8 nitrogen and oxygen atoms in total. The van der Waals surface area contributed by atoms with E-state index in [0.717, 1.165) is 49.7 Å². The summed E-state index contributed by atoms with van der Waals surface area (Å²) in [5.41, 5.74) is 4.21. The third-order valence-electron chi connectivity index (χ3n) is 7.08. The van der Waals surface area contributed by atoms with Crippen molar-refractivity contribution in [1.82, 2.24) is 0 Å². The summed E-state index contributed by atoms with van der Waals surface area (Å²) < 4.78 is 11.2. The van der Waals surface area contributed by atoms with Gasteiger partial charge < -0.3 is 14.6 Å². The summed E-state index contributed by atoms with van der Waals surface area (Å²) in [5, 5.41) is 22.3. The van der Waals surface area contributed by atoms with Crippen LogP contribution in [0.15, 0.2) is 60.2 Å². The van der Waals surface area contributed by atoms with Crippen molar-refractivity contribution >= 4 is 17.5 Å². The quantitative estimate of drug-likeness (QED) is 0.107. The van der Waals surface area contributed by atoms with Crippen molar-refractivity contribution < 1.29 is 24.3 Å². The van der Waals surface area contributed by atoms with Gasteiger partial charge in [0.05, 0.1) is 17.7 Å². The number of phenols is 1. The smallest absolute Gasteiger partial charge is 0.416 e.